The van der Waals surface area contributed by atoms with Gasteiger partial charge in [-0.1, -0.05) is 26.0 Å². The lowest BCUT2D eigenvalue weighted by Crippen LogP contribution is -2.23. The third kappa shape index (κ3) is 3.20. The third-order valence-electron chi connectivity index (χ3n) is 2.45. The van der Waals surface area contributed by atoms with E-state index in [-0.39, 0.29) is 5.75 Å². The second-order valence-electron chi connectivity index (χ2n) is 3.62. The minimum absolute atomic E-state index is 0.216. The Labute approximate surface area is 90.3 Å². The summed E-state index contributed by atoms with van der Waals surface area (Å²) in [5, 5.41) is 9.51. The van der Waals surface area contributed by atoms with Crippen LogP contribution in [0.25, 0.3) is 0 Å². The van der Waals surface area contributed by atoms with Crippen LogP contribution in [0, 0.1) is 5.82 Å². The van der Waals surface area contributed by atoms with E-state index in [1.807, 2.05) is 0 Å². The van der Waals surface area contributed by atoms with Gasteiger partial charge in [0.05, 0.1) is 0 Å². The van der Waals surface area contributed by atoms with Gasteiger partial charge in [0.2, 0.25) is 0 Å². The smallest absolute Gasteiger partial charge is 0.165 e. The Morgan fingerprint density at radius 1 is 1.33 bits per heavy atom. The van der Waals surface area contributed by atoms with Gasteiger partial charge in [-0.05, 0) is 25.6 Å². The molecule has 0 amide bonds. The normalized spacial score (nSPS) is 10.9. The van der Waals surface area contributed by atoms with Crippen molar-refractivity contribution in [3.63, 3.8) is 0 Å². The number of benzene rings is 1. The molecular weight excluding hydrogens is 193 g/mol. The molecule has 0 radical (unpaired) electrons. The quantitative estimate of drug-likeness (QED) is 0.809. The van der Waals surface area contributed by atoms with Crippen molar-refractivity contribution in [2.75, 3.05) is 13.1 Å². The Bertz CT molecular complexity index is 314. The summed E-state index contributed by atoms with van der Waals surface area (Å²) in [5.74, 6) is -0.757. The van der Waals surface area contributed by atoms with Crippen LogP contribution < -0.4 is 0 Å². The summed E-state index contributed by atoms with van der Waals surface area (Å²) >= 11 is 0. The van der Waals surface area contributed by atoms with Gasteiger partial charge in [-0.3, -0.25) is 4.90 Å². The number of para-hydroxylation sites is 1. The van der Waals surface area contributed by atoms with Crippen LogP contribution in [-0.2, 0) is 6.54 Å². The molecule has 0 aliphatic carbocycles. The van der Waals surface area contributed by atoms with E-state index in [4.69, 9.17) is 0 Å². The van der Waals surface area contributed by atoms with Gasteiger partial charge in [0.1, 0.15) is 0 Å². The minimum atomic E-state index is -0.542. The van der Waals surface area contributed by atoms with Gasteiger partial charge in [0.15, 0.2) is 11.6 Å². The van der Waals surface area contributed by atoms with E-state index < -0.39 is 5.82 Å². The second-order valence-corrected chi connectivity index (χ2v) is 3.62. The highest BCUT2D eigenvalue weighted by molar-refractivity contribution is 5.33. The summed E-state index contributed by atoms with van der Waals surface area (Å²) in [6.07, 6.45) is 1.06. The van der Waals surface area contributed by atoms with E-state index in [9.17, 15) is 9.50 Å². The zero-order valence-electron chi connectivity index (χ0n) is 9.33. The standard InChI is InChI=1S/C12H18FNO/c1-3-8-14(4-2)9-10-6-5-7-11(13)12(10)15/h5-7,15H,3-4,8-9H2,1-2H3. The molecule has 0 atom stereocenters. The molecule has 0 saturated heterocycles. The summed E-state index contributed by atoms with van der Waals surface area (Å²) in [4.78, 5) is 2.18. The van der Waals surface area contributed by atoms with Gasteiger partial charge in [-0.15, -0.1) is 0 Å². The number of nitrogens with zero attached hydrogens (tertiary/aromatic N) is 1. The maximum absolute atomic E-state index is 13.1. The number of phenols is 1. The number of hydrogen-bond acceptors (Lipinski definition) is 2. The van der Waals surface area contributed by atoms with Crippen LogP contribution in [0.15, 0.2) is 18.2 Å². The molecule has 0 aliphatic heterocycles. The largest absolute Gasteiger partial charge is 0.505 e. The van der Waals surface area contributed by atoms with E-state index in [2.05, 4.69) is 18.7 Å². The average molecular weight is 211 g/mol. The van der Waals surface area contributed by atoms with Crippen molar-refractivity contribution in [1.29, 1.82) is 0 Å². The molecule has 0 spiro atoms. The van der Waals surface area contributed by atoms with Crippen LogP contribution in [0.3, 0.4) is 0 Å². The molecule has 1 aromatic rings. The molecule has 1 aromatic carbocycles. The molecule has 2 nitrogen and oxygen atoms in total. The van der Waals surface area contributed by atoms with E-state index in [1.54, 1.807) is 12.1 Å². The molecule has 3 heteroatoms. The highest BCUT2D eigenvalue weighted by atomic mass is 19.1. The Balaban J connectivity index is 2.74. The topological polar surface area (TPSA) is 23.5 Å². The van der Waals surface area contributed by atoms with Crippen LogP contribution in [0.2, 0.25) is 0 Å². The number of rotatable bonds is 5. The predicted molar refractivity (Wildman–Crippen MR) is 59.3 cm³/mol. The Morgan fingerprint density at radius 3 is 2.67 bits per heavy atom. The zero-order valence-corrected chi connectivity index (χ0v) is 9.33. The first-order chi connectivity index (χ1) is 7.19. The molecule has 0 unspecified atom stereocenters. The lowest BCUT2D eigenvalue weighted by molar-refractivity contribution is 0.275. The summed E-state index contributed by atoms with van der Waals surface area (Å²) in [6.45, 7) is 6.64. The number of phenolic OH excluding ortho intramolecular Hbond substituents is 1. The fraction of sp³-hybridized carbons (Fsp3) is 0.500. The van der Waals surface area contributed by atoms with Crippen molar-refractivity contribution in [2.24, 2.45) is 0 Å². The SMILES string of the molecule is CCCN(CC)Cc1cccc(F)c1O. The van der Waals surface area contributed by atoms with Gasteiger partial charge in [0.25, 0.3) is 0 Å². The monoisotopic (exact) mass is 211 g/mol. The molecule has 15 heavy (non-hydrogen) atoms. The fourth-order valence-electron chi connectivity index (χ4n) is 1.59. The highest BCUT2D eigenvalue weighted by Gasteiger charge is 2.09. The Kier molecular flexibility index (Phi) is 4.56. The van der Waals surface area contributed by atoms with Gasteiger partial charge in [0, 0.05) is 12.1 Å². The maximum Gasteiger partial charge on any atom is 0.165 e. The van der Waals surface area contributed by atoms with Gasteiger partial charge in [-0.25, -0.2) is 4.39 Å². The van der Waals surface area contributed by atoms with Crippen molar-refractivity contribution < 1.29 is 9.50 Å². The maximum atomic E-state index is 13.1. The minimum Gasteiger partial charge on any atom is -0.505 e. The fourth-order valence-corrected chi connectivity index (χ4v) is 1.59. The lowest BCUT2D eigenvalue weighted by Gasteiger charge is -2.20. The summed E-state index contributed by atoms with van der Waals surface area (Å²) in [5.41, 5.74) is 0.658. The summed E-state index contributed by atoms with van der Waals surface area (Å²) in [7, 11) is 0. The molecule has 84 valence electrons. The van der Waals surface area contributed by atoms with Crippen LogP contribution in [-0.4, -0.2) is 23.1 Å². The molecule has 1 rings (SSSR count). The van der Waals surface area contributed by atoms with Gasteiger partial charge in [-0.2, -0.15) is 0 Å². The lowest BCUT2D eigenvalue weighted by atomic mass is 10.1. The second kappa shape index (κ2) is 5.71. The first kappa shape index (κ1) is 12.0. The van der Waals surface area contributed by atoms with Gasteiger partial charge >= 0.3 is 0 Å². The molecule has 0 aliphatic rings. The first-order valence-corrected chi connectivity index (χ1v) is 5.37. The molecule has 0 aromatic heterocycles. The average Bonchev–Trinajstić information content (AvgIpc) is 2.24. The highest BCUT2D eigenvalue weighted by Crippen LogP contribution is 2.22. The van der Waals surface area contributed by atoms with Crippen molar-refractivity contribution in [2.45, 2.75) is 26.8 Å². The van der Waals surface area contributed by atoms with Crippen LogP contribution in [0.1, 0.15) is 25.8 Å². The van der Waals surface area contributed by atoms with Crippen molar-refractivity contribution in [3.8, 4) is 5.75 Å². The zero-order chi connectivity index (χ0) is 11.3. The van der Waals surface area contributed by atoms with Crippen molar-refractivity contribution in [1.82, 2.24) is 4.90 Å². The van der Waals surface area contributed by atoms with E-state index >= 15 is 0 Å². The number of aromatic hydroxyl groups is 1. The van der Waals surface area contributed by atoms with Crippen LogP contribution >= 0.6 is 0 Å². The molecule has 1 N–H and O–H groups in total. The predicted octanol–water partition coefficient (Wildman–Crippen LogP) is 2.76. The first-order valence-electron chi connectivity index (χ1n) is 5.37. The number of halogens is 1. The number of hydrogen-bond donors (Lipinski definition) is 1. The molecule has 0 fully saturated rings. The molecular formula is C12H18FNO. The van der Waals surface area contributed by atoms with E-state index in [0.29, 0.717) is 12.1 Å². The summed E-state index contributed by atoms with van der Waals surface area (Å²) in [6, 6.07) is 4.66. The summed E-state index contributed by atoms with van der Waals surface area (Å²) < 4.78 is 13.1. The third-order valence-corrected chi connectivity index (χ3v) is 2.45. The Hall–Kier alpha value is -1.09. The van der Waals surface area contributed by atoms with E-state index in [1.165, 1.54) is 6.07 Å². The van der Waals surface area contributed by atoms with Gasteiger partial charge < -0.3 is 5.11 Å². The van der Waals surface area contributed by atoms with Crippen molar-refractivity contribution >= 4 is 0 Å². The molecule has 0 bridgehead atoms. The Morgan fingerprint density at radius 2 is 2.07 bits per heavy atom. The van der Waals surface area contributed by atoms with E-state index in [0.717, 1.165) is 19.5 Å². The van der Waals surface area contributed by atoms with Crippen LogP contribution in [0.5, 0.6) is 5.75 Å². The van der Waals surface area contributed by atoms with Crippen molar-refractivity contribution in [3.05, 3.63) is 29.6 Å². The molecule has 0 heterocycles. The molecule has 0 saturated carbocycles. The van der Waals surface area contributed by atoms with Crippen LogP contribution in [0.4, 0.5) is 4.39 Å².